The van der Waals surface area contributed by atoms with Gasteiger partial charge in [0.05, 0.1) is 11.4 Å². The fraction of sp³-hybridized carbons (Fsp3) is 0.333. The van der Waals surface area contributed by atoms with Gasteiger partial charge >= 0.3 is 0 Å². The molecule has 0 atom stereocenters. The number of nitrogens with one attached hydrogen (secondary N) is 1. The summed E-state index contributed by atoms with van der Waals surface area (Å²) in [5.41, 5.74) is 2.53. The molecule has 5 heteroatoms. The number of carbonyl (C=O) groups is 2. The Balaban J connectivity index is 2.38. The number of rotatable bonds is 2. The average Bonchev–Trinajstić information content (AvgIpc) is 2.73. The molecule has 0 fully saturated rings. The van der Waals surface area contributed by atoms with Crippen LogP contribution in [0, 0.1) is 0 Å². The monoisotopic (exact) mass is 252 g/mol. The Hall–Kier alpha value is -1.55. The Labute approximate surface area is 105 Å². The number of anilines is 2. The Kier molecular flexibility index (Phi) is 3.33. The number of alkyl halides is 1. The number of para-hydroxylation sites is 1. The van der Waals surface area contributed by atoms with Crippen molar-refractivity contribution in [2.24, 2.45) is 0 Å². The van der Waals surface area contributed by atoms with Crippen molar-refractivity contribution in [2.45, 2.75) is 13.3 Å². The van der Waals surface area contributed by atoms with Crippen LogP contribution in [0.25, 0.3) is 0 Å². The van der Waals surface area contributed by atoms with Crippen molar-refractivity contribution in [1.82, 2.24) is 0 Å². The van der Waals surface area contributed by atoms with E-state index in [1.807, 2.05) is 12.1 Å². The second-order valence-corrected chi connectivity index (χ2v) is 4.18. The standard InChI is InChI=1S/C12H13ClN2O2/c1-8(16)15-6-5-9-3-2-4-10(12(9)15)14-11(17)7-13/h2-4H,5-7H2,1H3,(H,14,17). The van der Waals surface area contributed by atoms with E-state index in [0.717, 1.165) is 17.7 Å². The fourth-order valence-electron chi connectivity index (χ4n) is 2.06. The minimum atomic E-state index is -0.268. The predicted octanol–water partition coefficient (Wildman–Crippen LogP) is 1.77. The highest BCUT2D eigenvalue weighted by molar-refractivity contribution is 6.29. The van der Waals surface area contributed by atoms with Gasteiger partial charge in [-0.3, -0.25) is 9.59 Å². The number of carbonyl (C=O) groups excluding carboxylic acids is 2. The summed E-state index contributed by atoms with van der Waals surface area (Å²) in [6.45, 7) is 2.19. The van der Waals surface area contributed by atoms with E-state index in [0.29, 0.717) is 12.2 Å². The summed E-state index contributed by atoms with van der Waals surface area (Å²) >= 11 is 5.46. The van der Waals surface area contributed by atoms with Gasteiger partial charge in [0.2, 0.25) is 11.8 Å². The Morgan fingerprint density at radius 3 is 2.88 bits per heavy atom. The molecule has 0 aromatic heterocycles. The second kappa shape index (κ2) is 4.75. The molecule has 0 aliphatic carbocycles. The lowest BCUT2D eigenvalue weighted by atomic mass is 10.1. The van der Waals surface area contributed by atoms with E-state index >= 15 is 0 Å². The molecule has 1 N–H and O–H groups in total. The molecule has 1 aromatic carbocycles. The zero-order valence-electron chi connectivity index (χ0n) is 9.50. The van der Waals surface area contributed by atoms with Crippen LogP contribution in [0.15, 0.2) is 18.2 Å². The number of hydrogen-bond acceptors (Lipinski definition) is 2. The smallest absolute Gasteiger partial charge is 0.239 e. The first-order chi connectivity index (χ1) is 8.13. The number of benzene rings is 1. The third-order valence-electron chi connectivity index (χ3n) is 2.77. The van der Waals surface area contributed by atoms with E-state index in [1.54, 1.807) is 11.0 Å². The van der Waals surface area contributed by atoms with E-state index in [2.05, 4.69) is 5.32 Å². The number of nitrogens with zero attached hydrogens (tertiary/aromatic N) is 1. The van der Waals surface area contributed by atoms with Gasteiger partial charge in [0.25, 0.3) is 0 Å². The van der Waals surface area contributed by atoms with Crippen LogP contribution < -0.4 is 10.2 Å². The van der Waals surface area contributed by atoms with Crippen molar-refractivity contribution >= 4 is 34.8 Å². The lowest BCUT2D eigenvalue weighted by Crippen LogP contribution is -2.27. The maximum atomic E-state index is 11.5. The number of hydrogen-bond donors (Lipinski definition) is 1. The molecule has 2 amide bonds. The molecule has 0 spiro atoms. The molecular weight excluding hydrogens is 240 g/mol. The largest absolute Gasteiger partial charge is 0.323 e. The van der Waals surface area contributed by atoms with Crippen LogP contribution in [0.2, 0.25) is 0 Å². The van der Waals surface area contributed by atoms with Gasteiger partial charge in [0, 0.05) is 13.5 Å². The van der Waals surface area contributed by atoms with E-state index in [-0.39, 0.29) is 17.7 Å². The number of halogens is 1. The maximum Gasteiger partial charge on any atom is 0.239 e. The normalized spacial score (nSPS) is 13.4. The predicted molar refractivity (Wildman–Crippen MR) is 67.5 cm³/mol. The first kappa shape index (κ1) is 11.9. The first-order valence-electron chi connectivity index (χ1n) is 5.39. The van der Waals surface area contributed by atoms with E-state index in [1.165, 1.54) is 6.92 Å². The van der Waals surface area contributed by atoms with Gasteiger partial charge in [-0.15, -0.1) is 11.6 Å². The summed E-state index contributed by atoms with van der Waals surface area (Å²) in [5.74, 6) is -0.379. The highest BCUT2D eigenvalue weighted by Gasteiger charge is 2.25. The molecule has 0 saturated heterocycles. The summed E-state index contributed by atoms with van der Waals surface area (Å²) in [6.07, 6.45) is 0.819. The highest BCUT2D eigenvalue weighted by atomic mass is 35.5. The molecule has 0 radical (unpaired) electrons. The topological polar surface area (TPSA) is 49.4 Å². The maximum absolute atomic E-state index is 11.5. The molecule has 1 aliphatic heterocycles. The molecular formula is C12H13ClN2O2. The van der Waals surface area contributed by atoms with Gasteiger partial charge < -0.3 is 10.2 Å². The average molecular weight is 253 g/mol. The molecule has 1 aromatic rings. The van der Waals surface area contributed by atoms with Crippen molar-refractivity contribution in [3.05, 3.63) is 23.8 Å². The second-order valence-electron chi connectivity index (χ2n) is 3.92. The Morgan fingerprint density at radius 2 is 2.24 bits per heavy atom. The molecule has 2 rings (SSSR count). The van der Waals surface area contributed by atoms with Crippen molar-refractivity contribution in [2.75, 3.05) is 22.6 Å². The van der Waals surface area contributed by atoms with Crippen LogP contribution in [-0.4, -0.2) is 24.2 Å². The van der Waals surface area contributed by atoms with Crippen molar-refractivity contribution in [3.8, 4) is 0 Å². The van der Waals surface area contributed by atoms with E-state index in [9.17, 15) is 9.59 Å². The number of amides is 2. The van der Waals surface area contributed by atoms with Crippen molar-refractivity contribution < 1.29 is 9.59 Å². The molecule has 90 valence electrons. The summed E-state index contributed by atoms with van der Waals surface area (Å²) in [4.78, 5) is 24.5. The SMILES string of the molecule is CC(=O)N1CCc2cccc(NC(=O)CCl)c21. The lowest BCUT2D eigenvalue weighted by Gasteiger charge is -2.18. The third-order valence-corrected chi connectivity index (χ3v) is 3.01. The van der Waals surface area contributed by atoms with Crippen LogP contribution in [0.4, 0.5) is 11.4 Å². The first-order valence-corrected chi connectivity index (χ1v) is 5.92. The van der Waals surface area contributed by atoms with Gasteiger partial charge in [-0.25, -0.2) is 0 Å². The van der Waals surface area contributed by atoms with Gasteiger partial charge in [-0.05, 0) is 18.1 Å². The van der Waals surface area contributed by atoms with Crippen LogP contribution in [0.1, 0.15) is 12.5 Å². The zero-order chi connectivity index (χ0) is 12.4. The summed E-state index contributed by atoms with van der Waals surface area (Å²) in [7, 11) is 0. The molecule has 4 nitrogen and oxygen atoms in total. The van der Waals surface area contributed by atoms with Crippen LogP contribution in [0.5, 0.6) is 0 Å². The van der Waals surface area contributed by atoms with Gasteiger partial charge in [0.15, 0.2) is 0 Å². The van der Waals surface area contributed by atoms with E-state index in [4.69, 9.17) is 11.6 Å². The number of fused-ring (bicyclic) bond motifs is 1. The van der Waals surface area contributed by atoms with Gasteiger partial charge in [-0.2, -0.15) is 0 Å². The van der Waals surface area contributed by atoms with Crippen molar-refractivity contribution in [1.29, 1.82) is 0 Å². The molecule has 0 bridgehead atoms. The van der Waals surface area contributed by atoms with Crippen LogP contribution in [-0.2, 0) is 16.0 Å². The minimum absolute atomic E-state index is 0.0173. The minimum Gasteiger partial charge on any atom is -0.323 e. The summed E-state index contributed by atoms with van der Waals surface area (Å²) < 4.78 is 0. The quantitative estimate of drug-likeness (QED) is 0.816. The molecule has 0 unspecified atom stereocenters. The molecule has 1 heterocycles. The van der Waals surface area contributed by atoms with Crippen LogP contribution in [0.3, 0.4) is 0 Å². The van der Waals surface area contributed by atoms with E-state index < -0.39 is 0 Å². The zero-order valence-corrected chi connectivity index (χ0v) is 10.3. The lowest BCUT2D eigenvalue weighted by molar-refractivity contribution is -0.116. The molecule has 1 aliphatic rings. The fourth-order valence-corrected chi connectivity index (χ4v) is 2.12. The summed E-state index contributed by atoms with van der Waals surface area (Å²) in [5, 5.41) is 2.71. The Bertz CT molecular complexity index is 474. The molecule has 17 heavy (non-hydrogen) atoms. The third kappa shape index (κ3) is 2.26. The Morgan fingerprint density at radius 1 is 1.47 bits per heavy atom. The highest BCUT2D eigenvalue weighted by Crippen LogP contribution is 2.35. The van der Waals surface area contributed by atoms with Gasteiger partial charge in [-0.1, -0.05) is 12.1 Å². The van der Waals surface area contributed by atoms with Crippen molar-refractivity contribution in [3.63, 3.8) is 0 Å². The van der Waals surface area contributed by atoms with Gasteiger partial charge in [0.1, 0.15) is 5.88 Å². The van der Waals surface area contributed by atoms with Crippen LogP contribution >= 0.6 is 11.6 Å². The summed E-state index contributed by atoms with van der Waals surface area (Å²) in [6, 6.07) is 5.62. The molecule has 0 saturated carbocycles.